The Bertz CT molecular complexity index is 205. The minimum atomic E-state index is -4.64. The molecule has 0 aromatic carbocycles. The number of phosphoric acid groups is 1. The summed E-state index contributed by atoms with van der Waals surface area (Å²) in [6.07, 6.45) is 0. The van der Waals surface area contributed by atoms with Crippen molar-refractivity contribution in [3.63, 3.8) is 0 Å². The van der Waals surface area contributed by atoms with E-state index in [0.717, 1.165) is 0 Å². The maximum atomic E-state index is 8.88. The smallest absolute Gasteiger partial charge is 0.326 e. The van der Waals surface area contributed by atoms with Crippen LogP contribution in [0.2, 0.25) is 0 Å². The summed E-state index contributed by atoms with van der Waals surface area (Å²) in [6.45, 7) is 17.7. The van der Waals surface area contributed by atoms with Crippen molar-refractivity contribution < 1.29 is 19.2 Å². The Morgan fingerprint density at radius 3 is 0.600 bits per heavy atom. The van der Waals surface area contributed by atoms with Gasteiger partial charge in [-0.05, 0) is 62.3 Å². The van der Waals surface area contributed by atoms with Gasteiger partial charge in [-0.3, -0.25) is 0 Å². The maximum absolute atomic E-state index is 8.88. The molecule has 0 aliphatic heterocycles. The van der Waals surface area contributed by atoms with Gasteiger partial charge in [-0.25, -0.2) is 4.57 Å². The van der Waals surface area contributed by atoms with E-state index in [9.17, 15) is 0 Å². The molecule has 8 heteroatoms. The molecule has 7 nitrogen and oxygen atoms in total. The zero-order chi connectivity index (χ0) is 18.0. The van der Waals surface area contributed by atoms with Gasteiger partial charge in [0.1, 0.15) is 0 Å². The highest BCUT2D eigenvalue weighted by Gasteiger charge is 2.00. The molecule has 0 heterocycles. The predicted octanol–water partition coefficient (Wildman–Crippen LogP) is 1.30. The van der Waals surface area contributed by atoms with Gasteiger partial charge in [0.25, 0.3) is 0 Å². The van der Waals surface area contributed by atoms with Gasteiger partial charge in [-0.15, -0.1) is 0 Å². The first-order valence-electron chi connectivity index (χ1n) is 6.15. The lowest BCUT2D eigenvalue weighted by molar-refractivity contribution is 0.275. The standard InChI is InChI=1S/3C4H11N.H3O4P/c3*1-4(2,3)5;1-5(2,3)4/h3*5H2,1-3H3;(H3,1,2,3,4). The van der Waals surface area contributed by atoms with Gasteiger partial charge in [0.15, 0.2) is 0 Å². The average molecular weight is 317 g/mol. The van der Waals surface area contributed by atoms with Crippen LogP contribution >= 0.6 is 7.82 Å². The molecule has 0 aromatic heterocycles. The fourth-order valence-corrected chi connectivity index (χ4v) is 0. The molecule has 0 aliphatic carbocycles. The van der Waals surface area contributed by atoms with E-state index in [2.05, 4.69) is 0 Å². The van der Waals surface area contributed by atoms with Crippen molar-refractivity contribution >= 4 is 7.82 Å². The molecule has 0 fully saturated rings. The maximum Gasteiger partial charge on any atom is 0.466 e. The molecule has 0 unspecified atom stereocenters. The molecule has 9 N–H and O–H groups in total. The van der Waals surface area contributed by atoms with Crippen molar-refractivity contribution in [3.8, 4) is 0 Å². The molecule has 0 aromatic rings. The Morgan fingerprint density at radius 2 is 0.600 bits per heavy atom. The van der Waals surface area contributed by atoms with Crippen molar-refractivity contribution in [3.05, 3.63) is 0 Å². The highest BCUT2D eigenvalue weighted by Crippen LogP contribution is 2.25. The highest BCUT2D eigenvalue weighted by molar-refractivity contribution is 7.45. The van der Waals surface area contributed by atoms with Gasteiger partial charge >= 0.3 is 7.82 Å². The zero-order valence-corrected chi connectivity index (χ0v) is 15.3. The van der Waals surface area contributed by atoms with E-state index >= 15 is 0 Å². The Balaban J connectivity index is -0.0000000853. The lowest BCUT2D eigenvalue weighted by atomic mass is 10.1. The Kier molecular flexibility index (Phi) is 15.1. The largest absolute Gasteiger partial charge is 0.466 e. The summed E-state index contributed by atoms with van der Waals surface area (Å²) in [5.41, 5.74) is 16.1. The van der Waals surface area contributed by atoms with Gasteiger partial charge in [0.2, 0.25) is 0 Å². The SMILES string of the molecule is CC(C)(C)N.CC(C)(C)N.CC(C)(C)N.O=P(O)(O)O. The second-order valence-electron chi connectivity index (χ2n) is 7.61. The molecule has 0 saturated heterocycles. The first kappa shape index (κ1) is 28.2. The second-order valence-corrected chi connectivity index (χ2v) is 8.64. The van der Waals surface area contributed by atoms with Crippen LogP contribution in [0, 0.1) is 0 Å². The van der Waals surface area contributed by atoms with Crippen LogP contribution in [0.15, 0.2) is 0 Å². The van der Waals surface area contributed by atoms with Crippen molar-refractivity contribution in [2.45, 2.75) is 78.9 Å². The summed E-state index contributed by atoms with van der Waals surface area (Å²) in [5.74, 6) is 0. The summed E-state index contributed by atoms with van der Waals surface area (Å²) < 4.78 is 8.88. The molecule has 20 heavy (non-hydrogen) atoms. The quantitative estimate of drug-likeness (QED) is 0.368. The van der Waals surface area contributed by atoms with Crippen LogP contribution in [0.25, 0.3) is 0 Å². The zero-order valence-electron chi connectivity index (χ0n) is 14.4. The fourth-order valence-electron chi connectivity index (χ4n) is 0. The van der Waals surface area contributed by atoms with Gasteiger partial charge in [-0.2, -0.15) is 0 Å². The lowest BCUT2D eigenvalue weighted by Gasteiger charge is -2.06. The van der Waals surface area contributed by atoms with Crippen LogP contribution in [0.5, 0.6) is 0 Å². The molecule has 0 amide bonds. The van der Waals surface area contributed by atoms with E-state index in [4.69, 9.17) is 36.4 Å². The topological polar surface area (TPSA) is 156 Å². The number of hydrogen-bond acceptors (Lipinski definition) is 4. The van der Waals surface area contributed by atoms with Crippen molar-refractivity contribution in [2.24, 2.45) is 17.2 Å². The summed E-state index contributed by atoms with van der Waals surface area (Å²) >= 11 is 0. The van der Waals surface area contributed by atoms with Gasteiger partial charge in [-0.1, -0.05) is 0 Å². The summed E-state index contributed by atoms with van der Waals surface area (Å²) in [6, 6.07) is 0. The predicted molar refractivity (Wildman–Crippen MR) is 86.1 cm³/mol. The Labute approximate surface area is 124 Å². The minimum absolute atomic E-state index is 0. The van der Waals surface area contributed by atoms with E-state index in [-0.39, 0.29) is 16.6 Å². The van der Waals surface area contributed by atoms with Crippen molar-refractivity contribution in [1.29, 1.82) is 0 Å². The molecule has 0 radical (unpaired) electrons. The highest BCUT2D eigenvalue weighted by atomic mass is 31.2. The van der Waals surface area contributed by atoms with E-state index in [0.29, 0.717) is 0 Å². The number of hydrogen-bond donors (Lipinski definition) is 6. The molecule has 0 saturated carbocycles. The molecule has 0 rings (SSSR count). The normalized spacial score (nSPS) is 11.9. The molecular formula is C12H36N3O4P. The van der Waals surface area contributed by atoms with Crippen LogP contribution in [0.3, 0.4) is 0 Å². The van der Waals surface area contributed by atoms with Gasteiger partial charge in [0, 0.05) is 16.6 Å². The second kappa shape index (κ2) is 10.7. The van der Waals surface area contributed by atoms with Gasteiger partial charge in [0.05, 0.1) is 0 Å². The fraction of sp³-hybridized carbons (Fsp3) is 1.00. The number of rotatable bonds is 0. The van der Waals surface area contributed by atoms with E-state index in [1.807, 2.05) is 62.3 Å². The summed E-state index contributed by atoms with van der Waals surface area (Å²) in [5, 5.41) is 0. The Hall–Kier alpha value is -0.0100. The first-order valence-corrected chi connectivity index (χ1v) is 7.71. The molecule has 128 valence electrons. The lowest BCUT2D eigenvalue weighted by Crippen LogP contribution is -2.26. The third-order valence-corrected chi connectivity index (χ3v) is 0. The van der Waals surface area contributed by atoms with E-state index in [1.165, 1.54) is 0 Å². The van der Waals surface area contributed by atoms with E-state index < -0.39 is 7.82 Å². The third kappa shape index (κ3) is 51900000. The summed E-state index contributed by atoms with van der Waals surface area (Å²) in [7, 11) is -4.64. The van der Waals surface area contributed by atoms with Crippen LogP contribution in [0.1, 0.15) is 62.3 Å². The van der Waals surface area contributed by atoms with Crippen molar-refractivity contribution in [1.82, 2.24) is 0 Å². The third-order valence-electron chi connectivity index (χ3n) is 0. The Morgan fingerprint density at radius 1 is 0.600 bits per heavy atom. The monoisotopic (exact) mass is 317 g/mol. The molecular weight excluding hydrogens is 281 g/mol. The van der Waals surface area contributed by atoms with Crippen LogP contribution in [-0.2, 0) is 4.57 Å². The molecule has 0 bridgehead atoms. The van der Waals surface area contributed by atoms with E-state index in [1.54, 1.807) is 0 Å². The van der Waals surface area contributed by atoms with Crippen molar-refractivity contribution in [2.75, 3.05) is 0 Å². The minimum Gasteiger partial charge on any atom is -0.326 e. The molecule has 0 aliphatic rings. The van der Waals surface area contributed by atoms with Crippen LogP contribution < -0.4 is 17.2 Å². The molecule has 0 spiro atoms. The average Bonchev–Trinajstić information content (AvgIpc) is 1.62. The summed E-state index contributed by atoms with van der Waals surface area (Å²) in [4.78, 5) is 21.6. The molecule has 0 atom stereocenters. The van der Waals surface area contributed by atoms with Crippen LogP contribution in [-0.4, -0.2) is 31.3 Å². The van der Waals surface area contributed by atoms with Crippen LogP contribution in [0.4, 0.5) is 0 Å². The van der Waals surface area contributed by atoms with Gasteiger partial charge < -0.3 is 31.9 Å². The number of nitrogens with two attached hydrogens (primary N) is 3. The first-order chi connectivity index (χ1) is 8.00.